The summed E-state index contributed by atoms with van der Waals surface area (Å²) >= 11 is 3.37. The highest BCUT2D eigenvalue weighted by Gasteiger charge is 2.46. The molecule has 7 nitrogen and oxygen atoms in total. The van der Waals surface area contributed by atoms with E-state index in [1.807, 2.05) is 24.3 Å². The second-order valence-corrected chi connectivity index (χ2v) is 12.9. The van der Waals surface area contributed by atoms with Crippen LogP contribution >= 0.6 is 15.9 Å². The van der Waals surface area contributed by atoms with Crippen molar-refractivity contribution < 1.29 is 32.6 Å². The van der Waals surface area contributed by atoms with Gasteiger partial charge in [-0.3, -0.25) is 9.69 Å². The Morgan fingerprint density at radius 1 is 1.02 bits per heavy atom. The van der Waals surface area contributed by atoms with Gasteiger partial charge in [-0.2, -0.15) is 0 Å². The van der Waals surface area contributed by atoms with Crippen molar-refractivity contribution in [2.45, 2.75) is 56.7 Å². The van der Waals surface area contributed by atoms with Crippen LogP contribution < -0.4 is 10.1 Å². The van der Waals surface area contributed by atoms with Crippen molar-refractivity contribution in [3.8, 4) is 5.75 Å². The van der Waals surface area contributed by atoms with E-state index in [0.29, 0.717) is 48.3 Å². The van der Waals surface area contributed by atoms with Crippen molar-refractivity contribution in [2.75, 3.05) is 26.2 Å². The second-order valence-electron chi connectivity index (χ2n) is 12.0. The largest absolute Gasteiger partial charge is 0.492 e. The molecule has 2 aliphatic heterocycles. The first-order valence-electron chi connectivity index (χ1n) is 15.6. The summed E-state index contributed by atoms with van der Waals surface area (Å²) in [4.78, 5) is 30.0. The van der Waals surface area contributed by atoms with Gasteiger partial charge >= 0.3 is 6.09 Å². The Balaban J connectivity index is 1.23. The fraction of sp³-hybridized carbons (Fsp3) is 0.371. The molecular formula is C35H35BrF3N3O4. The molecule has 1 saturated carbocycles. The number of aryl methyl sites for hydroxylation is 1. The Morgan fingerprint density at radius 3 is 2.54 bits per heavy atom. The van der Waals surface area contributed by atoms with Crippen molar-refractivity contribution in [2.24, 2.45) is 0 Å². The molecule has 0 unspecified atom stereocenters. The molecule has 1 saturated heterocycles. The Labute approximate surface area is 274 Å². The van der Waals surface area contributed by atoms with E-state index >= 15 is 0 Å². The van der Waals surface area contributed by atoms with Crippen LogP contribution in [0.15, 0.2) is 70.7 Å². The van der Waals surface area contributed by atoms with E-state index < -0.39 is 23.8 Å². The fourth-order valence-corrected chi connectivity index (χ4v) is 6.88. The third-order valence-corrected chi connectivity index (χ3v) is 9.62. The number of carbonyl (C=O) groups is 2. The number of hydrogen-bond donors (Lipinski definition) is 2. The maximum atomic E-state index is 14.5. The van der Waals surface area contributed by atoms with Crippen molar-refractivity contribution in [3.05, 3.63) is 105 Å². The molecule has 3 aromatic rings. The van der Waals surface area contributed by atoms with Crippen LogP contribution in [0.3, 0.4) is 0 Å². The van der Waals surface area contributed by atoms with E-state index in [-0.39, 0.29) is 42.3 Å². The van der Waals surface area contributed by atoms with Crippen molar-refractivity contribution >= 4 is 33.5 Å². The minimum Gasteiger partial charge on any atom is -0.492 e. The third-order valence-electron chi connectivity index (χ3n) is 8.96. The molecule has 11 heteroatoms. The summed E-state index contributed by atoms with van der Waals surface area (Å²) in [6.45, 7) is 1.40. The topological polar surface area (TPSA) is 82.1 Å². The number of rotatable bonds is 11. The number of fused-ring (bicyclic) bond motifs is 2. The van der Waals surface area contributed by atoms with Crippen molar-refractivity contribution in [3.63, 3.8) is 0 Å². The van der Waals surface area contributed by atoms with Crippen LogP contribution in [-0.4, -0.2) is 71.3 Å². The zero-order valence-corrected chi connectivity index (χ0v) is 26.7. The molecule has 46 heavy (non-hydrogen) atoms. The van der Waals surface area contributed by atoms with Crippen LogP contribution in [0.25, 0.3) is 5.57 Å². The maximum Gasteiger partial charge on any atom is 0.408 e. The third kappa shape index (κ3) is 6.95. The molecule has 1 aliphatic carbocycles. The fourth-order valence-electron chi connectivity index (χ4n) is 6.52. The predicted molar refractivity (Wildman–Crippen MR) is 171 cm³/mol. The monoisotopic (exact) mass is 697 g/mol. The van der Waals surface area contributed by atoms with Crippen LogP contribution in [0, 0.1) is 17.5 Å². The Morgan fingerprint density at radius 2 is 1.80 bits per heavy atom. The number of benzene rings is 3. The predicted octanol–water partition coefficient (Wildman–Crippen LogP) is 6.59. The van der Waals surface area contributed by atoms with E-state index in [1.54, 1.807) is 11.0 Å². The van der Waals surface area contributed by atoms with Crippen LogP contribution in [0.2, 0.25) is 0 Å². The van der Waals surface area contributed by atoms with Gasteiger partial charge in [-0.1, -0.05) is 36.4 Å². The standard InChI is InChI=1S/C35H35BrF3N3O4/c36-28-13-10-24(37)17-31(28)46-16-2-3-21-6-8-22(9-7-21)27-18-26-19-40-20-30(42(26)35(44)45)32(27)34(43)41(25-11-12-25)15-14-23-4-1-5-29(38)33(23)39/h1,4-10,13,17,25-26,30,40H,2-3,11-12,14-16,18-20H2,(H,44,45)/t26-,30-/m1/s1. The highest BCUT2D eigenvalue weighted by Crippen LogP contribution is 2.39. The summed E-state index contributed by atoms with van der Waals surface area (Å²) in [5.74, 6) is -2.00. The minimum atomic E-state index is -1.07. The number of nitrogens with zero attached hydrogens (tertiary/aromatic N) is 2. The first-order chi connectivity index (χ1) is 22.2. The zero-order valence-electron chi connectivity index (χ0n) is 25.2. The molecule has 242 valence electrons. The van der Waals surface area contributed by atoms with Gasteiger partial charge in [-0.05, 0) is 94.9 Å². The molecule has 2 atom stereocenters. The number of amides is 2. The Bertz CT molecular complexity index is 1650. The van der Waals surface area contributed by atoms with E-state index in [4.69, 9.17) is 4.74 Å². The van der Waals surface area contributed by atoms with E-state index in [9.17, 15) is 27.9 Å². The van der Waals surface area contributed by atoms with Gasteiger partial charge in [-0.25, -0.2) is 18.0 Å². The molecule has 2 heterocycles. The summed E-state index contributed by atoms with van der Waals surface area (Å²) in [5.41, 5.74) is 3.40. The van der Waals surface area contributed by atoms with Gasteiger partial charge in [0, 0.05) is 37.3 Å². The lowest BCUT2D eigenvalue weighted by Gasteiger charge is -2.47. The van der Waals surface area contributed by atoms with Gasteiger partial charge in [0.15, 0.2) is 11.6 Å². The van der Waals surface area contributed by atoms with Crippen molar-refractivity contribution in [1.29, 1.82) is 0 Å². The van der Waals surface area contributed by atoms with Crippen molar-refractivity contribution in [1.82, 2.24) is 15.1 Å². The molecule has 3 aromatic carbocycles. The number of piperazine rings is 1. The normalized spacial score (nSPS) is 19.3. The highest BCUT2D eigenvalue weighted by molar-refractivity contribution is 9.10. The number of nitrogens with one attached hydrogen (secondary N) is 1. The SMILES string of the molecule is O=C(C1=C(c2ccc(CCCOc3cc(F)ccc3Br)cc2)C[C@@H]2CNC[C@H]1N2C(=O)O)N(CCc1cccc(F)c1F)C1CC1. The first kappa shape index (κ1) is 32.1. The van der Waals surface area contributed by atoms with Crippen LogP contribution in [0.1, 0.15) is 42.4 Å². The molecule has 6 rings (SSSR count). The van der Waals surface area contributed by atoms with Gasteiger partial charge < -0.3 is 20.1 Å². The Kier molecular flexibility index (Phi) is 9.70. The molecule has 2 bridgehead atoms. The molecule has 0 aromatic heterocycles. The first-order valence-corrected chi connectivity index (χ1v) is 16.4. The lowest BCUT2D eigenvalue weighted by atomic mass is 9.81. The number of halogens is 4. The number of hydrogen-bond acceptors (Lipinski definition) is 4. The molecule has 2 fully saturated rings. The summed E-state index contributed by atoms with van der Waals surface area (Å²) in [6.07, 6.45) is 2.52. The number of carbonyl (C=O) groups excluding carboxylic acids is 1. The molecule has 0 radical (unpaired) electrons. The molecular weight excluding hydrogens is 663 g/mol. The maximum absolute atomic E-state index is 14.5. The average Bonchev–Trinajstić information content (AvgIpc) is 3.88. The van der Waals surface area contributed by atoms with E-state index in [2.05, 4.69) is 21.2 Å². The van der Waals surface area contributed by atoms with Gasteiger partial charge in [0.1, 0.15) is 11.6 Å². The van der Waals surface area contributed by atoms with Crippen LogP contribution in [0.5, 0.6) is 5.75 Å². The van der Waals surface area contributed by atoms with Crippen LogP contribution in [-0.2, 0) is 17.6 Å². The van der Waals surface area contributed by atoms with Gasteiger partial charge in [0.25, 0.3) is 5.91 Å². The van der Waals surface area contributed by atoms with Gasteiger partial charge in [-0.15, -0.1) is 0 Å². The summed E-state index contributed by atoms with van der Waals surface area (Å²) in [7, 11) is 0. The van der Waals surface area contributed by atoms with E-state index in [1.165, 1.54) is 29.2 Å². The van der Waals surface area contributed by atoms with Gasteiger partial charge in [0.05, 0.1) is 23.2 Å². The molecule has 3 aliphatic rings. The minimum absolute atomic E-state index is 0.0250. The zero-order chi connectivity index (χ0) is 32.4. The quantitative estimate of drug-likeness (QED) is 0.221. The summed E-state index contributed by atoms with van der Waals surface area (Å²) in [6, 6.07) is 15.3. The second kappa shape index (κ2) is 13.9. The molecule has 2 N–H and O–H groups in total. The van der Waals surface area contributed by atoms with Gasteiger partial charge in [0.2, 0.25) is 0 Å². The van der Waals surface area contributed by atoms with Crippen LogP contribution in [0.4, 0.5) is 18.0 Å². The molecule has 0 spiro atoms. The number of ether oxygens (including phenoxy) is 1. The van der Waals surface area contributed by atoms with E-state index in [0.717, 1.165) is 42.0 Å². The number of carboxylic acid groups (broad SMARTS) is 1. The summed E-state index contributed by atoms with van der Waals surface area (Å²) < 4.78 is 48.3. The molecule has 2 amide bonds. The summed E-state index contributed by atoms with van der Waals surface area (Å²) in [5, 5.41) is 13.5. The smallest absolute Gasteiger partial charge is 0.408 e. The highest BCUT2D eigenvalue weighted by atomic mass is 79.9. The average molecular weight is 699 g/mol. The lowest BCUT2D eigenvalue weighted by Crippen LogP contribution is -2.63. The lowest BCUT2D eigenvalue weighted by molar-refractivity contribution is -0.128. The Hall–Kier alpha value is -3.83.